The fourth-order valence-electron chi connectivity index (χ4n) is 6.30. The minimum Gasteiger partial charge on any atom is -0.464 e. The average molecular weight is 931 g/mol. The highest BCUT2D eigenvalue weighted by Crippen LogP contribution is 2.48. The Balaban J connectivity index is 1.36. The van der Waals surface area contributed by atoms with Crippen LogP contribution in [0, 0.1) is 37.2 Å². The Labute approximate surface area is 373 Å². The highest BCUT2D eigenvalue weighted by Gasteiger charge is 2.53. The maximum Gasteiger partial charge on any atom is 0.519 e. The molecule has 1 aliphatic heterocycles. The van der Waals surface area contributed by atoms with E-state index < -0.39 is 105 Å². The summed E-state index contributed by atoms with van der Waals surface area (Å²) in [7, 11) is -4.54. The van der Waals surface area contributed by atoms with Crippen LogP contribution in [0.15, 0.2) is 50.3 Å². The molecule has 3 aromatic heterocycles. The number of halogens is 1. The lowest BCUT2D eigenvalue weighted by molar-refractivity contribution is -0.162. The van der Waals surface area contributed by atoms with Gasteiger partial charge in [0, 0.05) is 6.42 Å². The van der Waals surface area contributed by atoms with Crippen LogP contribution in [0.2, 0.25) is 0 Å². The lowest BCUT2D eigenvalue weighted by Crippen LogP contribution is -2.46. The highest BCUT2D eigenvalue weighted by molar-refractivity contribution is 7.52. The number of ether oxygens (including phenoxy) is 5. The summed E-state index contributed by atoms with van der Waals surface area (Å²) in [5.74, 6) is -1.34. The number of aromatic nitrogens is 4. The lowest BCUT2D eigenvalue weighted by Gasteiger charge is -2.31. The van der Waals surface area contributed by atoms with E-state index in [2.05, 4.69) is 31.3 Å². The lowest BCUT2D eigenvalue weighted by atomic mass is 9.98. The van der Waals surface area contributed by atoms with Gasteiger partial charge in [0.15, 0.2) is 40.7 Å². The molecule has 0 bridgehead atoms. The third-order valence-electron chi connectivity index (χ3n) is 10.1. The molecule has 1 saturated heterocycles. The Morgan fingerprint density at radius 1 is 1.08 bits per heavy atom. The number of carbonyl (C=O) groups is 4. The van der Waals surface area contributed by atoms with E-state index in [1.54, 1.807) is 32.0 Å². The van der Waals surface area contributed by atoms with Gasteiger partial charge in [-0.15, -0.1) is 6.42 Å². The number of hydrogen-bond donors (Lipinski definition) is 2. The molecule has 1 fully saturated rings. The summed E-state index contributed by atoms with van der Waals surface area (Å²) in [5, 5.41) is 4.93. The van der Waals surface area contributed by atoms with Crippen molar-refractivity contribution in [2.75, 3.05) is 18.5 Å². The molecule has 23 heteroatoms. The normalized spacial score (nSPS) is 18.7. The van der Waals surface area contributed by atoms with Crippen molar-refractivity contribution in [3.8, 4) is 18.1 Å². The molecule has 1 aromatic carbocycles. The minimum absolute atomic E-state index is 0.00667. The maximum atomic E-state index is 15.1. The van der Waals surface area contributed by atoms with Gasteiger partial charge in [-0.3, -0.25) is 28.8 Å². The van der Waals surface area contributed by atoms with Gasteiger partial charge in [0.05, 0.1) is 25.3 Å². The molecular formula is C42H52FN6O15P. The van der Waals surface area contributed by atoms with Gasteiger partial charge in [-0.25, -0.2) is 19.1 Å². The van der Waals surface area contributed by atoms with Crippen LogP contribution >= 0.6 is 7.75 Å². The Bertz CT molecular complexity index is 2480. The predicted octanol–water partition coefficient (Wildman–Crippen LogP) is 6.30. The fourth-order valence-corrected chi connectivity index (χ4v) is 7.82. The Hall–Kier alpha value is -6.14. The van der Waals surface area contributed by atoms with Crippen molar-refractivity contribution in [2.24, 2.45) is 11.8 Å². The van der Waals surface area contributed by atoms with Crippen molar-refractivity contribution < 1.29 is 69.7 Å². The van der Waals surface area contributed by atoms with Gasteiger partial charge in [-0.1, -0.05) is 64.7 Å². The molecular weight excluding hydrogens is 878 g/mol. The number of para-hydroxylation sites is 1. The van der Waals surface area contributed by atoms with E-state index in [1.165, 1.54) is 50.7 Å². The number of benzene rings is 1. The number of amides is 1. The van der Waals surface area contributed by atoms with Crippen LogP contribution in [0.4, 0.5) is 15.0 Å². The van der Waals surface area contributed by atoms with Crippen molar-refractivity contribution in [1.29, 1.82) is 0 Å². The van der Waals surface area contributed by atoms with E-state index >= 15 is 4.39 Å². The predicted molar refractivity (Wildman–Crippen MR) is 225 cm³/mol. The van der Waals surface area contributed by atoms with E-state index in [9.17, 15) is 28.5 Å². The second kappa shape index (κ2) is 21.2. The van der Waals surface area contributed by atoms with Crippen molar-refractivity contribution in [2.45, 2.75) is 117 Å². The van der Waals surface area contributed by atoms with Crippen molar-refractivity contribution in [1.82, 2.24) is 24.6 Å². The van der Waals surface area contributed by atoms with E-state index in [1.807, 2.05) is 13.8 Å². The number of aryl methyl sites for hydroxylation is 1. The summed E-state index contributed by atoms with van der Waals surface area (Å²) in [6.07, 6.45) is 3.28. The van der Waals surface area contributed by atoms with Gasteiger partial charge in [0.2, 0.25) is 0 Å². The summed E-state index contributed by atoms with van der Waals surface area (Å²) >= 11 is 0. The minimum atomic E-state index is -4.54. The molecule has 352 valence electrons. The molecule has 4 aromatic rings. The second-order valence-electron chi connectivity index (χ2n) is 16.0. The van der Waals surface area contributed by atoms with Gasteiger partial charge in [0.25, 0.3) is 0 Å². The molecule has 2 N–H and O–H groups in total. The molecule has 0 unspecified atom stereocenters. The van der Waals surface area contributed by atoms with Crippen molar-refractivity contribution >= 4 is 48.7 Å². The van der Waals surface area contributed by atoms with Crippen LogP contribution in [-0.4, -0.2) is 80.1 Å². The van der Waals surface area contributed by atoms with Crippen LogP contribution in [0.3, 0.4) is 0 Å². The molecule has 4 heterocycles. The Kier molecular flexibility index (Phi) is 16.3. The number of hydrogen-bond acceptors (Lipinski definition) is 18. The molecule has 0 saturated carbocycles. The molecule has 5 rings (SSSR count). The molecule has 21 nitrogen and oxygen atoms in total. The zero-order chi connectivity index (χ0) is 47.7. The number of rotatable bonds is 21. The van der Waals surface area contributed by atoms with Crippen molar-refractivity contribution in [3.63, 3.8) is 0 Å². The number of imidazole rings is 1. The number of nitrogens with zero attached hydrogens (tertiary/aromatic N) is 4. The molecule has 65 heavy (non-hydrogen) atoms. The first kappa shape index (κ1) is 49.9. The molecule has 1 amide bonds. The van der Waals surface area contributed by atoms with Crippen LogP contribution in [0.25, 0.3) is 11.2 Å². The SMILES string of the molecule is C#C[C@]1(CO[P@@](=O)(N[C@@H](C)C(=O)OCC(CC)CC)Oc2ccccc2)O[C@@H](n2cnc3c(NC(=O)OC(C)(C)CC(=O)OCc4oc(=O)oc4C)nc(F)nc32)C[C@@H]1OC(=O)C(C)C. The molecule has 0 aliphatic carbocycles. The molecule has 0 radical (unpaired) electrons. The van der Waals surface area contributed by atoms with E-state index in [0.717, 1.165) is 12.8 Å². The zero-order valence-electron chi connectivity index (χ0n) is 37.1. The van der Waals surface area contributed by atoms with Crippen LogP contribution in [0.5, 0.6) is 5.75 Å². The maximum absolute atomic E-state index is 15.1. The largest absolute Gasteiger partial charge is 0.519 e. The molecule has 1 aliphatic rings. The van der Waals surface area contributed by atoms with Crippen LogP contribution < -0.4 is 20.8 Å². The molecule has 5 atom stereocenters. The van der Waals surface area contributed by atoms with Gasteiger partial charge < -0.3 is 37.0 Å². The van der Waals surface area contributed by atoms with Gasteiger partial charge in [0.1, 0.15) is 36.3 Å². The summed E-state index contributed by atoms with van der Waals surface area (Å²) in [5.41, 5.74) is -3.80. The van der Waals surface area contributed by atoms with E-state index in [4.69, 9.17) is 48.0 Å². The molecule has 0 spiro atoms. The van der Waals surface area contributed by atoms with Crippen molar-refractivity contribution in [3.05, 3.63) is 64.9 Å². The van der Waals surface area contributed by atoms with Gasteiger partial charge in [-0.2, -0.15) is 19.4 Å². The Morgan fingerprint density at radius 3 is 2.42 bits per heavy atom. The number of nitrogens with one attached hydrogen (secondary N) is 2. The van der Waals surface area contributed by atoms with Crippen LogP contribution in [0.1, 0.15) is 91.9 Å². The monoisotopic (exact) mass is 930 g/mol. The number of carbonyl (C=O) groups excluding carboxylic acids is 4. The first-order valence-corrected chi connectivity index (χ1v) is 22.2. The Morgan fingerprint density at radius 2 is 1.78 bits per heavy atom. The topological polar surface area (TPSA) is 261 Å². The number of terminal acetylenes is 1. The summed E-state index contributed by atoms with van der Waals surface area (Å²) in [6.45, 7) is 11.9. The average Bonchev–Trinajstić information content (AvgIpc) is 3.93. The number of fused-ring (bicyclic) bond motifs is 1. The van der Waals surface area contributed by atoms with E-state index in [0.29, 0.717) is 0 Å². The third-order valence-corrected chi connectivity index (χ3v) is 11.7. The third kappa shape index (κ3) is 13.0. The first-order valence-electron chi connectivity index (χ1n) is 20.6. The smallest absolute Gasteiger partial charge is 0.464 e. The number of esters is 3. The van der Waals surface area contributed by atoms with Crippen LogP contribution in [-0.2, 0) is 53.8 Å². The van der Waals surface area contributed by atoms with Gasteiger partial charge in [-0.05, 0) is 45.7 Å². The first-order chi connectivity index (χ1) is 30.7. The van der Waals surface area contributed by atoms with E-state index in [-0.39, 0.29) is 47.4 Å². The zero-order valence-corrected chi connectivity index (χ0v) is 38.0. The fraction of sp³-hybridized carbons (Fsp3) is 0.524. The summed E-state index contributed by atoms with van der Waals surface area (Å²) in [6, 6.07) is 6.80. The highest BCUT2D eigenvalue weighted by atomic mass is 31.2. The standard InChI is InChI=1S/C42H52FN6O15P/c1-10-27(11-2)20-57-37(52)25(6)48-65(55,64-28-16-14-13-15-17-28)58-22-42(12-3)30(61-36(51)24(4)5)18-31(62-42)49-23-44-33-34(45-38(43)47-35(33)49)46-39(53)63-41(8,9)19-32(50)56-21-29-26(7)59-40(54)60-29/h3,13-17,23-25,27,30-31H,10-11,18-22H2,1-2,4-9H3,(H,48,55)(H,45,46,47,53)/t25-,30-,31+,42+,65-/m0/s1. The quantitative estimate of drug-likeness (QED) is 0.0305. The van der Waals surface area contributed by atoms with Gasteiger partial charge >= 0.3 is 43.6 Å². The second-order valence-corrected chi connectivity index (χ2v) is 17.7. The summed E-state index contributed by atoms with van der Waals surface area (Å²) in [4.78, 5) is 74.8. The number of anilines is 1. The summed E-state index contributed by atoms with van der Waals surface area (Å²) < 4.78 is 80.5.